The molecule has 1 heterocycles. The summed E-state index contributed by atoms with van der Waals surface area (Å²) in [6.07, 6.45) is 1.71. The second kappa shape index (κ2) is 8.30. The second-order valence-corrected chi connectivity index (χ2v) is 10.3. The first-order chi connectivity index (χ1) is 13.5. The molecule has 5 nitrogen and oxygen atoms in total. The van der Waals surface area contributed by atoms with Gasteiger partial charge in [-0.05, 0) is 83.6 Å². The number of aryl methyl sites for hydroxylation is 2. The van der Waals surface area contributed by atoms with Crippen LogP contribution < -0.4 is 4.72 Å². The standard InChI is InChI=1S/C20H20BrCl2N3O2S/c1-11-7-12(2)14(4)19(13(11)3)29(27,28)25-20-16(21)10-26(24-20)9-15-5-6-17(22)18(23)8-15/h5-8,10H,9H2,1-4H3,(H,24,25). The smallest absolute Gasteiger partial charge is 0.263 e. The van der Waals surface area contributed by atoms with Crippen LogP contribution in [0.3, 0.4) is 0 Å². The minimum absolute atomic E-state index is 0.225. The van der Waals surface area contributed by atoms with Crippen molar-refractivity contribution in [2.75, 3.05) is 4.72 Å². The van der Waals surface area contributed by atoms with E-state index in [2.05, 4.69) is 25.8 Å². The van der Waals surface area contributed by atoms with Crippen LogP contribution in [0.1, 0.15) is 27.8 Å². The Morgan fingerprint density at radius 3 is 2.24 bits per heavy atom. The quantitative estimate of drug-likeness (QED) is 0.450. The van der Waals surface area contributed by atoms with Crippen LogP contribution in [0.4, 0.5) is 5.82 Å². The summed E-state index contributed by atoms with van der Waals surface area (Å²) in [6.45, 7) is 7.85. The lowest BCUT2D eigenvalue weighted by atomic mass is 10.0. The maximum absolute atomic E-state index is 13.1. The number of hydrogen-bond acceptors (Lipinski definition) is 3. The van der Waals surface area contributed by atoms with Crippen LogP contribution in [0.5, 0.6) is 0 Å². The topological polar surface area (TPSA) is 64.0 Å². The zero-order valence-corrected chi connectivity index (χ0v) is 20.3. The highest BCUT2D eigenvalue weighted by Gasteiger charge is 2.24. The second-order valence-electron chi connectivity index (χ2n) is 6.97. The Labute approximate surface area is 189 Å². The molecule has 0 aliphatic rings. The minimum atomic E-state index is -3.81. The molecular formula is C20H20BrCl2N3O2S. The van der Waals surface area contributed by atoms with Gasteiger partial charge in [0.15, 0.2) is 5.82 Å². The summed E-state index contributed by atoms with van der Waals surface area (Å²) in [5, 5.41) is 5.31. The van der Waals surface area contributed by atoms with Crippen molar-refractivity contribution in [2.45, 2.75) is 39.1 Å². The number of aromatic nitrogens is 2. The largest absolute Gasteiger partial charge is 0.265 e. The molecule has 0 aliphatic heterocycles. The van der Waals surface area contributed by atoms with Gasteiger partial charge in [0.2, 0.25) is 0 Å². The van der Waals surface area contributed by atoms with E-state index in [1.165, 1.54) is 0 Å². The van der Waals surface area contributed by atoms with Gasteiger partial charge in [-0.3, -0.25) is 9.40 Å². The lowest BCUT2D eigenvalue weighted by molar-refractivity contribution is 0.599. The number of sulfonamides is 1. The number of nitrogens with one attached hydrogen (secondary N) is 1. The van der Waals surface area contributed by atoms with E-state index in [1.807, 2.05) is 39.8 Å². The Kier molecular flexibility index (Phi) is 6.34. The fraction of sp³-hybridized carbons (Fsp3) is 0.250. The van der Waals surface area contributed by atoms with E-state index in [0.29, 0.717) is 26.0 Å². The van der Waals surface area contributed by atoms with Gasteiger partial charge < -0.3 is 0 Å². The third-order valence-electron chi connectivity index (χ3n) is 4.84. The summed E-state index contributed by atoms with van der Waals surface area (Å²) in [7, 11) is -3.81. The monoisotopic (exact) mass is 515 g/mol. The Morgan fingerprint density at radius 2 is 1.66 bits per heavy atom. The van der Waals surface area contributed by atoms with Gasteiger partial charge in [-0.1, -0.05) is 35.3 Å². The zero-order valence-electron chi connectivity index (χ0n) is 16.3. The molecular weight excluding hydrogens is 497 g/mol. The molecule has 0 saturated carbocycles. The van der Waals surface area contributed by atoms with Crippen molar-refractivity contribution in [3.63, 3.8) is 0 Å². The molecule has 29 heavy (non-hydrogen) atoms. The molecule has 3 aromatic rings. The van der Waals surface area contributed by atoms with Crippen LogP contribution in [-0.2, 0) is 16.6 Å². The summed E-state index contributed by atoms with van der Waals surface area (Å²) >= 11 is 15.4. The van der Waals surface area contributed by atoms with E-state index < -0.39 is 10.0 Å². The highest BCUT2D eigenvalue weighted by Crippen LogP contribution is 2.30. The first-order valence-electron chi connectivity index (χ1n) is 8.76. The minimum Gasteiger partial charge on any atom is -0.265 e. The van der Waals surface area contributed by atoms with Crippen LogP contribution in [0.25, 0.3) is 0 Å². The maximum Gasteiger partial charge on any atom is 0.263 e. The van der Waals surface area contributed by atoms with E-state index in [9.17, 15) is 8.42 Å². The SMILES string of the molecule is Cc1cc(C)c(C)c(S(=O)(=O)Nc2nn(Cc3ccc(Cl)c(Cl)c3)cc2Br)c1C. The highest BCUT2D eigenvalue weighted by atomic mass is 79.9. The van der Waals surface area contributed by atoms with Gasteiger partial charge in [-0.25, -0.2) is 8.42 Å². The molecule has 154 valence electrons. The molecule has 3 rings (SSSR count). The molecule has 2 aromatic carbocycles. The number of benzene rings is 2. The molecule has 9 heteroatoms. The predicted octanol–water partition coefficient (Wildman–Crippen LogP) is 6.04. The van der Waals surface area contributed by atoms with Gasteiger partial charge >= 0.3 is 0 Å². The van der Waals surface area contributed by atoms with Crippen molar-refractivity contribution in [3.05, 3.63) is 72.8 Å². The average molecular weight is 517 g/mol. The first kappa shape index (κ1) is 22.2. The zero-order chi connectivity index (χ0) is 21.5. The van der Waals surface area contributed by atoms with Crippen molar-refractivity contribution in [1.29, 1.82) is 0 Å². The van der Waals surface area contributed by atoms with Crippen molar-refractivity contribution >= 4 is 55.0 Å². The first-order valence-corrected chi connectivity index (χ1v) is 11.8. The van der Waals surface area contributed by atoms with Gasteiger partial charge in [0.05, 0.1) is 26.0 Å². The van der Waals surface area contributed by atoms with Crippen molar-refractivity contribution < 1.29 is 8.42 Å². The summed E-state index contributed by atoms with van der Waals surface area (Å²) in [5.41, 5.74) is 4.21. The normalized spacial score (nSPS) is 11.7. The Bertz CT molecular complexity index is 1180. The van der Waals surface area contributed by atoms with Gasteiger partial charge in [-0.2, -0.15) is 5.10 Å². The lowest BCUT2D eigenvalue weighted by Gasteiger charge is -2.16. The summed E-state index contributed by atoms with van der Waals surface area (Å²) in [5.74, 6) is 0.225. The van der Waals surface area contributed by atoms with E-state index in [-0.39, 0.29) is 5.82 Å². The van der Waals surface area contributed by atoms with Crippen molar-refractivity contribution in [3.8, 4) is 0 Å². The number of rotatable bonds is 5. The van der Waals surface area contributed by atoms with Gasteiger partial charge in [-0.15, -0.1) is 0 Å². The fourth-order valence-electron chi connectivity index (χ4n) is 3.13. The van der Waals surface area contributed by atoms with Crippen LogP contribution in [0.2, 0.25) is 10.0 Å². The molecule has 0 saturated heterocycles. The predicted molar refractivity (Wildman–Crippen MR) is 122 cm³/mol. The molecule has 0 radical (unpaired) electrons. The Balaban J connectivity index is 1.92. The molecule has 0 aliphatic carbocycles. The summed E-state index contributed by atoms with van der Waals surface area (Å²) < 4.78 is 31.1. The number of nitrogens with zero attached hydrogens (tertiary/aromatic N) is 2. The third-order valence-corrected chi connectivity index (χ3v) is 7.77. The van der Waals surface area contributed by atoms with E-state index in [1.54, 1.807) is 23.0 Å². The summed E-state index contributed by atoms with van der Waals surface area (Å²) in [6, 6.07) is 7.31. The molecule has 0 atom stereocenters. The Hall–Kier alpha value is -1.54. The van der Waals surface area contributed by atoms with Crippen LogP contribution in [0, 0.1) is 27.7 Å². The molecule has 0 bridgehead atoms. The van der Waals surface area contributed by atoms with Gasteiger partial charge in [0.25, 0.3) is 10.0 Å². The van der Waals surface area contributed by atoms with Gasteiger partial charge in [0.1, 0.15) is 0 Å². The molecule has 1 aromatic heterocycles. The maximum atomic E-state index is 13.1. The number of anilines is 1. The van der Waals surface area contributed by atoms with Crippen LogP contribution in [0.15, 0.2) is 39.8 Å². The third kappa shape index (κ3) is 4.63. The molecule has 1 N–H and O–H groups in total. The van der Waals surface area contributed by atoms with E-state index in [4.69, 9.17) is 23.2 Å². The van der Waals surface area contributed by atoms with Crippen LogP contribution >= 0.6 is 39.1 Å². The summed E-state index contributed by atoms with van der Waals surface area (Å²) in [4.78, 5) is 0.293. The van der Waals surface area contributed by atoms with Gasteiger partial charge in [0, 0.05) is 6.20 Å². The molecule has 0 fully saturated rings. The van der Waals surface area contributed by atoms with E-state index >= 15 is 0 Å². The number of halogens is 3. The Morgan fingerprint density at radius 1 is 1.03 bits per heavy atom. The lowest BCUT2D eigenvalue weighted by Crippen LogP contribution is -2.17. The van der Waals surface area contributed by atoms with Crippen molar-refractivity contribution in [1.82, 2.24) is 9.78 Å². The van der Waals surface area contributed by atoms with Crippen molar-refractivity contribution in [2.24, 2.45) is 0 Å². The van der Waals surface area contributed by atoms with E-state index in [0.717, 1.165) is 27.8 Å². The number of hydrogen-bond donors (Lipinski definition) is 1. The molecule has 0 amide bonds. The van der Waals surface area contributed by atoms with Crippen LogP contribution in [-0.4, -0.2) is 18.2 Å². The molecule has 0 unspecified atom stereocenters. The highest BCUT2D eigenvalue weighted by molar-refractivity contribution is 9.10. The average Bonchev–Trinajstić information content (AvgIpc) is 2.95. The molecule has 0 spiro atoms. The fourth-order valence-corrected chi connectivity index (χ4v) is 5.64.